The number of piperidine rings is 1. The lowest BCUT2D eigenvalue weighted by atomic mass is 9.47. The zero-order valence-electron chi connectivity index (χ0n) is 27.4. The van der Waals surface area contributed by atoms with Crippen molar-refractivity contribution in [3.63, 3.8) is 0 Å². The molecule has 0 unspecified atom stereocenters. The van der Waals surface area contributed by atoms with Gasteiger partial charge in [0, 0.05) is 32.5 Å². The van der Waals surface area contributed by atoms with E-state index in [2.05, 4.69) is 115 Å². The summed E-state index contributed by atoms with van der Waals surface area (Å²) in [6.45, 7) is 5.81. The molecule has 0 radical (unpaired) electrons. The number of carbonyl (C=O) groups is 2. The van der Waals surface area contributed by atoms with E-state index >= 15 is 0 Å². The maximum Gasteiger partial charge on any atom is 0.222 e. The zero-order valence-corrected chi connectivity index (χ0v) is 27.4. The third-order valence-corrected chi connectivity index (χ3v) is 13.5. The van der Waals surface area contributed by atoms with Gasteiger partial charge in [0.1, 0.15) is 0 Å². The first-order chi connectivity index (χ1) is 21.8. The van der Waals surface area contributed by atoms with Crippen LogP contribution in [0.2, 0.25) is 0 Å². The Bertz CT molecular complexity index is 1410. The number of hydrogen-bond acceptors (Lipinski definition) is 2. The monoisotopic (exact) mass is 602 g/mol. The molecular weight excluding hydrogens is 552 g/mol. The third-order valence-electron chi connectivity index (χ3n) is 13.5. The summed E-state index contributed by atoms with van der Waals surface area (Å²) >= 11 is 0. The molecule has 1 aliphatic heterocycles. The molecule has 4 nitrogen and oxygen atoms in total. The number of benzene rings is 3. The largest absolute Gasteiger partial charge is 0.356 e. The quantitative estimate of drug-likeness (QED) is 0.279. The summed E-state index contributed by atoms with van der Waals surface area (Å²) in [4.78, 5) is 28.8. The highest BCUT2D eigenvalue weighted by Crippen LogP contribution is 2.66. The van der Waals surface area contributed by atoms with Gasteiger partial charge in [0.25, 0.3) is 0 Å². The number of likely N-dealkylation sites (tertiary alicyclic amines) is 1. The van der Waals surface area contributed by atoms with Crippen molar-refractivity contribution in [2.75, 3.05) is 13.6 Å². The maximum absolute atomic E-state index is 14.1. The number of amides is 2. The van der Waals surface area contributed by atoms with E-state index in [0.717, 1.165) is 47.9 Å². The van der Waals surface area contributed by atoms with Crippen molar-refractivity contribution in [1.29, 1.82) is 0 Å². The molecule has 4 aliphatic rings. The van der Waals surface area contributed by atoms with Gasteiger partial charge in [0.15, 0.2) is 0 Å². The Balaban J connectivity index is 1.10. The van der Waals surface area contributed by atoms with Crippen molar-refractivity contribution >= 4 is 11.8 Å². The van der Waals surface area contributed by atoms with Crippen LogP contribution in [0.1, 0.15) is 88.3 Å². The van der Waals surface area contributed by atoms with Gasteiger partial charge >= 0.3 is 0 Å². The Labute approximate surface area is 270 Å². The predicted octanol–water partition coefficient (Wildman–Crippen LogP) is 8.01. The lowest BCUT2D eigenvalue weighted by Crippen LogP contribution is -2.61. The molecule has 4 fully saturated rings. The van der Waals surface area contributed by atoms with Gasteiger partial charge in [0.05, 0.1) is 5.41 Å². The second-order valence-corrected chi connectivity index (χ2v) is 15.3. The minimum atomic E-state index is -0.573. The molecule has 1 saturated heterocycles. The van der Waals surface area contributed by atoms with E-state index in [0.29, 0.717) is 36.6 Å². The minimum absolute atomic E-state index is 0.121. The van der Waals surface area contributed by atoms with E-state index in [9.17, 15) is 9.59 Å². The van der Waals surface area contributed by atoms with Gasteiger partial charge in [-0.25, -0.2) is 0 Å². The van der Waals surface area contributed by atoms with Crippen molar-refractivity contribution in [3.8, 4) is 0 Å². The molecule has 3 aliphatic carbocycles. The van der Waals surface area contributed by atoms with E-state index in [1.807, 2.05) is 7.05 Å². The van der Waals surface area contributed by atoms with Gasteiger partial charge in [0.2, 0.25) is 11.8 Å². The molecule has 2 amide bonds. The fourth-order valence-electron chi connectivity index (χ4n) is 11.1. The standard InChI is InChI=1S/C41H50N2O2/c1-39-25-23-35-33(20-22-36-40(35,2)26-24-38(45)43(36)3)34(39)21-19-32(39)28-42-37(44)27-41(29-13-7-4-8-14-29,30-15-9-5-10-16-30)31-17-11-6-12-18-31/h4-18,32-36H,19-28H2,1-3H3,(H,42,44)/t32-,33+,34+,35+,36-,39-,40-/m1/s1. The van der Waals surface area contributed by atoms with Crippen LogP contribution >= 0.6 is 0 Å². The van der Waals surface area contributed by atoms with Crippen LogP contribution in [0.3, 0.4) is 0 Å². The van der Waals surface area contributed by atoms with Gasteiger partial charge in [-0.15, -0.1) is 0 Å². The second-order valence-electron chi connectivity index (χ2n) is 15.3. The highest BCUT2D eigenvalue weighted by Gasteiger charge is 2.61. The molecule has 0 spiro atoms. The molecular formula is C41H50N2O2. The molecule has 3 saturated carbocycles. The molecule has 7 atom stereocenters. The van der Waals surface area contributed by atoms with Gasteiger partial charge in [-0.05, 0) is 96.1 Å². The van der Waals surface area contributed by atoms with Crippen LogP contribution in [0.4, 0.5) is 0 Å². The average Bonchev–Trinajstić information content (AvgIpc) is 3.42. The summed E-state index contributed by atoms with van der Waals surface area (Å²) in [5, 5.41) is 3.50. The summed E-state index contributed by atoms with van der Waals surface area (Å²) < 4.78 is 0. The third kappa shape index (κ3) is 4.95. The van der Waals surface area contributed by atoms with Crippen molar-refractivity contribution in [2.45, 2.75) is 83.1 Å². The first-order valence-corrected chi connectivity index (χ1v) is 17.5. The molecule has 0 aromatic heterocycles. The molecule has 0 bridgehead atoms. The van der Waals surface area contributed by atoms with Crippen molar-refractivity contribution < 1.29 is 9.59 Å². The van der Waals surface area contributed by atoms with Crippen LogP contribution in [-0.2, 0) is 15.0 Å². The highest BCUT2D eigenvalue weighted by atomic mass is 16.2. The van der Waals surface area contributed by atoms with Crippen LogP contribution in [0, 0.1) is 34.5 Å². The molecule has 7 rings (SSSR count). The SMILES string of the molecule is CN1C(=O)CC[C@]2(C)[C@H]3CC[C@]4(C)[C@@H](CNC(=O)CC(c5ccccc5)(c5ccccc5)c5ccccc5)CC[C@H]4[C@@H]3CC[C@@H]12. The summed E-state index contributed by atoms with van der Waals surface area (Å²) in [6, 6.07) is 32.1. The maximum atomic E-state index is 14.1. The van der Waals surface area contributed by atoms with Gasteiger partial charge < -0.3 is 10.2 Å². The molecule has 3 aromatic carbocycles. The van der Waals surface area contributed by atoms with Crippen LogP contribution in [0.15, 0.2) is 91.0 Å². The lowest BCUT2D eigenvalue weighted by Gasteiger charge is -2.61. The molecule has 1 heterocycles. The minimum Gasteiger partial charge on any atom is -0.356 e. The predicted molar refractivity (Wildman–Crippen MR) is 181 cm³/mol. The number of nitrogens with zero attached hydrogens (tertiary/aromatic N) is 1. The topological polar surface area (TPSA) is 49.4 Å². The van der Waals surface area contributed by atoms with E-state index in [4.69, 9.17) is 0 Å². The Morgan fingerprint density at radius 1 is 0.756 bits per heavy atom. The van der Waals surface area contributed by atoms with Crippen LogP contribution < -0.4 is 5.32 Å². The van der Waals surface area contributed by atoms with Crippen molar-refractivity contribution in [1.82, 2.24) is 10.2 Å². The molecule has 1 N–H and O–H groups in total. The molecule has 236 valence electrons. The van der Waals surface area contributed by atoms with Crippen LogP contribution in [0.25, 0.3) is 0 Å². The fraction of sp³-hybridized carbons (Fsp3) is 0.512. The number of hydrogen-bond donors (Lipinski definition) is 1. The Kier molecular flexibility index (Phi) is 7.90. The fourth-order valence-corrected chi connectivity index (χ4v) is 11.1. The van der Waals surface area contributed by atoms with Gasteiger partial charge in [-0.2, -0.15) is 0 Å². The second kappa shape index (κ2) is 11.8. The summed E-state index contributed by atoms with van der Waals surface area (Å²) in [5.74, 6) is 3.14. The zero-order chi connectivity index (χ0) is 31.2. The number of nitrogens with one attached hydrogen (secondary N) is 1. The van der Waals surface area contributed by atoms with E-state index in [1.54, 1.807) is 0 Å². The number of carbonyl (C=O) groups excluding carboxylic acids is 2. The van der Waals surface area contributed by atoms with Crippen LogP contribution in [0.5, 0.6) is 0 Å². The first-order valence-electron chi connectivity index (χ1n) is 17.5. The number of fused-ring (bicyclic) bond motifs is 5. The summed E-state index contributed by atoms with van der Waals surface area (Å²) in [6.07, 6.45) is 9.49. The Morgan fingerprint density at radius 2 is 1.31 bits per heavy atom. The smallest absolute Gasteiger partial charge is 0.222 e. The van der Waals surface area contributed by atoms with Crippen molar-refractivity contribution in [3.05, 3.63) is 108 Å². The number of rotatable bonds is 7. The van der Waals surface area contributed by atoms with Crippen LogP contribution in [-0.4, -0.2) is 36.3 Å². The van der Waals surface area contributed by atoms with E-state index in [-0.39, 0.29) is 16.7 Å². The van der Waals surface area contributed by atoms with Gasteiger partial charge in [-0.3, -0.25) is 9.59 Å². The molecule has 45 heavy (non-hydrogen) atoms. The Morgan fingerprint density at radius 3 is 1.89 bits per heavy atom. The van der Waals surface area contributed by atoms with Gasteiger partial charge in [-0.1, -0.05) is 105 Å². The average molecular weight is 603 g/mol. The first kappa shape index (κ1) is 30.3. The van der Waals surface area contributed by atoms with E-state index < -0.39 is 5.41 Å². The normalized spacial score (nSPS) is 32.7. The molecule has 4 heteroatoms. The summed E-state index contributed by atoms with van der Waals surface area (Å²) in [7, 11) is 2.05. The Hall–Kier alpha value is -3.40. The van der Waals surface area contributed by atoms with Crippen molar-refractivity contribution in [2.24, 2.45) is 34.5 Å². The van der Waals surface area contributed by atoms with E-state index in [1.165, 1.54) is 32.1 Å². The lowest BCUT2D eigenvalue weighted by molar-refractivity contribution is -0.158. The summed E-state index contributed by atoms with van der Waals surface area (Å²) in [5.41, 5.74) is 3.36. The molecule has 3 aromatic rings. The highest BCUT2D eigenvalue weighted by molar-refractivity contribution is 5.80.